The molecule has 40 heavy (non-hydrogen) atoms. The number of fused-ring (bicyclic) bond motifs is 11. The number of rotatable bonds is 6. The molecule has 0 spiro atoms. The lowest BCUT2D eigenvalue weighted by Gasteiger charge is -2.13. The second-order valence-electron chi connectivity index (χ2n) is 9.99. The van der Waals surface area contributed by atoms with Gasteiger partial charge >= 0.3 is 0 Å². The summed E-state index contributed by atoms with van der Waals surface area (Å²) in [6.07, 6.45) is 11.4. The lowest BCUT2D eigenvalue weighted by Crippen LogP contribution is -1.95. The van der Waals surface area contributed by atoms with Crippen LogP contribution < -0.4 is 0 Å². The fourth-order valence-corrected chi connectivity index (χ4v) is 10.7. The van der Waals surface area contributed by atoms with Gasteiger partial charge in [0.2, 0.25) is 0 Å². The summed E-state index contributed by atoms with van der Waals surface area (Å²) in [4.78, 5) is 2.22. The molecule has 7 rings (SSSR count). The molecule has 0 amide bonds. The Hall–Kier alpha value is -3.52. The molecular weight excluding hydrogens is 565 g/mol. The molecule has 0 saturated heterocycles. The van der Waals surface area contributed by atoms with Crippen molar-refractivity contribution in [1.29, 1.82) is 10.5 Å². The van der Waals surface area contributed by atoms with Crippen LogP contribution in [-0.2, 0) is 12.8 Å². The molecule has 4 aromatic heterocycles. The molecule has 0 unspecified atom stereocenters. The monoisotopic (exact) mass is 588 g/mol. The predicted octanol–water partition coefficient (Wildman–Crippen LogP) is 11.8. The van der Waals surface area contributed by atoms with Gasteiger partial charge in [0.05, 0.1) is 12.1 Å². The third kappa shape index (κ3) is 3.83. The van der Waals surface area contributed by atoms with Crippen molar-refractivity contribution < 1.29 is 0 Å². The molecule has 0 fully saturated rings. The molecule has 4 heterocycles. The number of aryl methyl sites for hydroxylation is 2. The number of hydrogen-bond donors (Lipinski definition) is 0. The van der Waals surface area contributed by atoms with Crippen molar-refractivity contribution in [3.8, 4) is 12.1 Å². The van der Waals surface area contributed by atoms with E-state index in [1.54, 1.807) is 34.8 Å². The first-order valence-electron chi connectivity index (χ1n) is 13.5. The molecule has 0 aliphatic carbocycles. The van der Waals surface area contributed by atoms with Gasteiger partial charge in [0.15, 0.2) is 0 Å². The van der Waals surface area contributed by atoms with Gasteiger partial charge < -0.3 is 0 Å². The Labute approximate surface area is 248 Å². The third-order valence-electron chi connectivity index (χ3n) is 7.55. The van der Waals surface area contributed by atoms with Crippen molar-refractivity contribution in [2.45, 2.75) is 39.5 Å². The Balaban J connectivity index is 1.73. The molecule has 7 aromatic rings. The zero-order valence-corrected chi connectivity index (χ0v) is 25.4. The second-order valence-corrected chi connectivity index (χ2v) is 14.3. The number of benzene rings is 3. The standard InChI is InChI=1S/C34H24N2S4/c1-3-7-21-22(8-4-2)34-32(30-24-18-20(10-6-16-36)38-26(24)12-14-28(30)40-34)31-29-23-17-19(9-5-15-35)37-25(23)11-13-27(29)39-33(21)31/h5-6,9-14,17-18H,3-4,7-8H2,1-2H3/b9-5-,10-6+. The van der Waals surface area contributed by atoms with Crippen LogP contribution in [0.15, 0.2) is 48.6 Å². The highest BCUT2D eigenvalue weighted by atomic mass is 32.1. The first-order valence-corrected chi connectivity index (χ1v) is 16.8. The summed E-state index contributed by atoms with van der Waals surface area (Å²) in [5.41, 5.74) is 3.07. The molecular formula is C34H24N2S4. The van der Waals surface area contributed by atoms with Crippen LogP contribution in [0.5, 0.6) is 0 Å². The highest BCUT2D eigenvalue weighted by Gasteiger charge is 2.24. The number of hydrogen-bond acceptors (Lipinski definition) is 6. The Morgan fingerprint density at radius 3 is 1.43 bits per heavy atom. The van der Waals surface area contributed by atoms with Crippen LogP contribution in [0.4, 0.5) is 0 Å². The smallest absolute Gasteiger partial charge is 0.0912 e. The van der Waals surface area contributed by atoms with E-state index >= 15 is 0 Å². The van der Waals surface area contributed by atoms with Crippen molar-refractivity contribution >= 4 is 118 Å². The maximum absolute atomic E-state index is 9.12. The SMILES string of the molecule is CCCc1c(CCC)c2sc3ccc4sc(/C=C/C#N)cc4c3c2c2c1sc1ccc3sc(/C=C\C#N)cc3c12. The Bertz CT molecular complexity index is 2110. The van der Waals surface area contributed by atoms with Gasteiger partial charge in [0.25, 0.3) is 0 Å². The van der Waals surface area contributed by atoms with E-state index in [9.17, 15) is 0 Å². The van der Waals surface area contributed by atoms with Gasteiger partial charge in [0, 0.05) is 82.4 Å². The van der Waals surface area contributed by atoms with Crippen molar-refractivity contribution in [2.24, 2.45) is 0 Å². The first kappa shape index (κ1) is 25.4. The quantitative estimate of drug-likeness (QED) is 0.181. The van der Waals surface area contributed by atoms with Gasteiger partial charge in [-0.05, 0) is 72.5 Å². The van der Waals surface area contributed by atoms with Gasteiger partial charge in [-0.25, -0.2) is 0 Å². The van der Waals surface area contributed by atoms with Gasteiger partial charge in [-0.3, -0.25) is 0 Å². The summed E-state index contributed by atoms with van der Waals surface area (Å²) in [5.74, 6) is 0. The normalized spacial score (nSPS) is 12.4. The summed E-state index contributed by atoms with van der Waals surface area (Å²) in [7, 11) is 0. The largest absolute Gasteiger partial charge is 0.193 e. The molecule has 194 valence electrons. The van der Waals surface area contributed by atoms with Crippen LogP contribution >= 0.6 is 45.3 Å². The van der Waals surface area contributed by atoms with E-state index in [1.165, 1.54) is 71.6 Å². The average molecular weight is 589 g/mol. The Morgan fingerprint density at radius 1 is 0.600 bits per heavy atom. The summed E-state index contributed by atoms with van der Waals surface area (Å²) in [6, 6.07) is 17.9. The predicted molar refractivity (Wildman–Crippen MR) is 180 cm³/mol. The molecule has 0 bridgehead atoms. The molecule has 3 aromatic carbocycles. The van der Waals surface area contributed by atoms with E-state index in [0.717, 1.165) is 35.4 Å². The fourth-order valence-electron chi connectivity index (χ4n) is 6.07. The molecule has 0 radical (unpaired) electrons. The summed E-state index contributed by atoms with van der Waals surface area (Å²) < 4.78 is 8.07. The first-order chi connectivity index (χ1) is 19.7. The maximum Gasteiger partial charge on any atom is 0.0912 e. The van der Waals surface area contributed by atoms with E-state index in [-0.39, 0.29) is 0 Å². The van der Waals surface area contributed by atoms with Gasteiger partial charge in [-0.15, -0.1) is 45.3 Å². The summed E-state index contributed by atoms with van der Waals surface area (Å²) in [6.45, 7) is 4.58. The minimum Gasteiger partial charge on any atom is -0.193 e. The number of nitriles is 2. The minimum absolute atomic E-state index is 1.09. The molecule has 0 aliphatic heterocycles. The van der Waals surface area contributed by atoms with Gasteiger partial charge in [-0.1, -0.05) is 26.7 Å². The van der Waals surface area contributed by atoms with E-state index < -0.39 is 0 Å². The Morgan fingerprint density at radius 2 is 1.02 bits per heavy atom. The van der Waals surface area contributed by atoms with Gasteiger partial charge in [-0.2, -0.15) is 10.5 Å². The highest BCUT2D eigenvalue weighted by molar-refractivity contribution is 7.29. The lowest BCUT2D eigenvalue weighted by molar-refractivity contribution is 0.877. The minimum atomic E-state index is 1.09. The summed E-state index contributed by atoms with van der Waals surface area (Å²) in [5, 5.41) is 26.3. The fraction of sp³-hybridized carbons (Fsp3) is 0.176. The third-order valence-corrected chi connectivity index (χ3v) is 12.1. The molecule has 0 aliphatic rings. The lowest BCUT2D eigenvalue weighted by atomic mass is 9.92. The van der Waals surface area contributed by atoms with Crippen molar-refractivity contribution in [3.63, 3.8) is 0 Å². The van der Waals surface area contributed by atoms with Crippen LogP contribution in [0, 0.1) is 22.7 Å². The van der Waals surface area contributed by atoms with Crippen LogP contribution in [-0.4, -0.2) is 0 Å². The van der Waals surface area contributed by atoms with Crippen LogP contribution in [0.1, 0.15) is 47.6 Å². The van der Waals surface area contributed by atoms with E-state index in [1.807, 2.05) is 34.8 Å². The number of thiophene rings is 4. The van der Waals surface area contributed by atoms with Crippen molar-refractivity contribution in [2.75, 3.05) is 0 Å². The zero-order valence-electron chi connectivity index (χ0n) is 22.1. The number of nitrogens with zero attached hydrogens (tertiary/aromatic N) is 2. The molecule has 0 N–H and O–H groups in total. The van der Waals surface area contributed by atoms with E-state index in [0.29, 0.717) is 0 Å². The maximum atomic E-state index is 9.12. The zero-order chi connectivity index (χ0) is 27.4. The second kappa shape index (κ2) is 10.1. The molecule has 0 saturated carbocycles. The highest BCUT2D eigenvalue weighted by Crippen LogP contribution is 2.52. The van der Waals surface area contributed by atoms with Gasteiger partial charge in [0.1, 0.15) is 0 Å². The molecule has 2 nitrogen and oxygen atoms in total. The van der Waals surface area contributed by atoms with Crippen molar-refractivity contribution in [3.05, 3.63) is 69.4 Å². The van der Waals surface area contributed by atoms with E-state index in [4.69, 9.17) is 10.5 Å². The molecule has 6 heteroatoms. The van der Waals surface area contributed by atoms with Crippen molar-refractivity contribution in [1.82, 2.24) is 0 Å². The van der Waals surface area contributed by atoms with E-state index in [2.05, 4.69) is 62.4 Å². The molecule has 0 atom stereocenters. The topological polar surface area (TPSA) is 47.6 Å². The van der Waals surface area contributed by atoms with Crippen LogP contribution in [0.25, 0.3) is 72.7 Å². The number of allylic oxidation sites excluding steroid dienone is 2. The average Bonchev–Trinajstić information content (AvgIpc) is 3.73. The van der Waals surface area contributed by atoms with Crippen LogP contribution in [0.2, 0.25) is 0 Å². The Kier molecular flexibility index (Phi) is 6.45. The van der Waals surface area contributed by atoms with Crippen LogP contribution in [0.3, 0.4) is 0 Å². The summed E-state index contributed by atoms with van der Waals surface area (Å²) >= 11 is 7.41.